The number of rotatable bonds is 2. The van der Waals surface area contributed by atoms with E-state index in [0.717, 1.165) is 0 Å². The van der Waals surface area contributed by atoms with Crippen LogP contribution in [0.4, 0.5) is 0 Å². The highest BCUT2D eigenvalue weighted by Gasteiger charge is 2.44. The van der Waals surface area contributed by atoms with Gasteiger partial charge in [-0.05, 0) is 15.9 Å². The van der Waals surface area contributed by atoms with Crippen molar-refractivity contribution in [3.05, 3.63) is 21.4 Å². The summed E-state index contributed by atoms with van der Waals surface area (Å²) in [5, 5.41) is 28.9. The predicted octanol–water partition coefficient (Wildman–Crippen LogP) is -1.51. The Balaban J connectivity index is 2.14. The van der Waals surface area contributed by atoms with Crippen molar-refractivity contribution in [1.29, 1.82) is 0 Å². The van der Waals surface area contributed by atoms with Gasteiger partial charge in [0.25, 0.3) is 5.56 Å². The van der Waals surface area contributed by atoms with Gasteiger partial charge in [-0.1, -0.05) is 0 Å². The molecule has 0 aromatic carbocycles. The summed E-state index contributed by atoms with van der Waals surface area (Å²) in [5.41, 5.74) is -0.145. The fourth-order valence-electron chi connectivity index (χ4n) is 2.21. The van der Waals surface area contributed by atoms with Crippen molar-refractivity contribution >= 4 is 27.1 Å². The summed E-state index contributed by atoms with van der Waals surface area (Å²) >= 11 is 3.17. The maximum Gasteiger partial charge on any atom is 0.278 e. The SMILES string of the molecule is O=c1[nH]cnc2c1nc(Br)n2[C@@H]1O[C@@H](CO)[C@@H](O)[C@@H]1O. The Hall–Kier alpha value is -1.33. The summed E-state index contributed by atoms with van der Waals surface area (Å²) < 4.78 is 6.98. The van der Waals surface area contributed by atoms with Gasteiger partial charge in [0, 0.05) is 0 Å². The van der Waals surface area contributed by atoms with Crippen molar-refractivity contribution in [3.63, 3.8) is 0 Å². The van der Waals surface area contributed by atoms with Gasteiger partial charge in [0.05, 0.1) is 12.9 Å². The fraction of sp³-hybridized carbons (Fsp3) is 0.500. The molecule has 0 amide bonds. The number of imidazole rings is 1. The van der Waals surface area contributed by atoms with Gasteiger partial charge in [-0.25, -0.2) is 9.97 Å². The first-order chi connectivity index (χ1) is 9.54. The topological polar surface area (TPSA) is 133 Å². The highest BCUT2D eigenvalue weighted by atomic mass is 79.9. The molecule has 1 aliphatic rings. The molecule has 0 radical (unpaired) electrons. The number of aliphatic hydroxyl groups is 3. The molecule has 2 aromatic rings. The molecule has 0 unspecified atom stereocenters. The quantitative estimate of drug-likeness (QED) is 0.486. The van der Waals surface area contributed by atoms with Crippen LogP contribution in [0, 0.1) is 0 Å². The molecule has 1 fully saturated rings. The molecule has 2 aromatic heterocycles. The molecule has 0 spiro atoms. The van der Waals surface area contributed by atoms with Crippen molar-refractivity contribution < 1.29 is 20.1 Å². The van der Waals surface area contributed by atoms with Gasteiger partial charge < -0.3 is 25.0 Å². The summed E-state index contributed by atoms with van der Waals surface area (Å²) in [4.78, 5) is 22.0. The van der Waals surface area contributed by atoms with Crippen molar-refractivity contribution in [1.82, 2.24) is 19.5 Å². The third-order valence-corrected chi connectivity index (χ3v) is 3.77. The van der Waals surface area contributed by atoms with E-state index in [0.29, 0.717) is 0 Å². The zero-order valence-corrected chi connectivity index (χ0v) is 11.6. The second kappa shape index (κ2) is 4.90. The Morgan fingerprint density at radius 2 is 2.20 bits per heavy atom. The molecule has 4 N–H and O–H groups in total. The van der Waals surface area contributed by atoms with E-state index < -0.39 is 36.7 Å². The van der Waals surface area contributed by atoms with Crippen LogP contribution in [0.25, 0.3) is 11.2 Å². The van der Waals surface area contributed by atoms with Gasteiger partial charge in [-0.3, -0.25) is 9.36 Å². The lowest BCUT2D eigenvalue weighted by Crippen LogP contribution is -2.33. The average molecular weight is 347 g/mol. The van der Waals surface area contributed by atoms with E-state index in [4.69, 9.17) is 9.84 Å². The highest BCUT2D eigenvalue weighted by molar-refractivity contribution is 9.10. The molecule has 3 rings (SSSR count). The molecule has 108 valence electrons. The smallest absolute Gasteiger partial charge is 0.278 e. The maximum absolute atomic E-state index is 11.6. The Bertz CT molecular complexity index is 701. The minimum Gasteiger partial charge on any atom is -0.394 e. The Labute approximate surface area is 120 Å². The number of hydrogen-bond donors (Lipinski definition) is 4. The molecule has 9 nitrogen and oxygen atoms in total. The number of aliphatic hydroxyl groups excluding tert-OH is 3. The number of H-pyrrole nitrogens is 1. The standard InChI is InChI=1S/C10H11BrN4O5/c11-10-14-4-7(12-2-13-8(4)19)15(10)9-6(18)5(17)3(1-16)20-9/h2-3,5-6,9,16-18H,1H2,(H,12,13,19)/t3-,5+,6-,9+/m0/s1. The minimum atomic E-state index is -1.28. The molecule has 20 heavy (non-hydrogen) atoms. The van der Waals surface area contributed by atoms with E-state index in [1.54, 1.807) is 0 Å². The predicted molar refractivity (Wildman–Crippen MR) is 68.9 cm³/mol. The van der Waals surface area contributed by atoms with Crippen LogP contribution in [0.15, 0.2) is 15.9 Å². The molecule has 0 bridgehead atoms. The first-order valence-electron chi connectivity index (χ1n) is 5.78. The lowest BCUT2D eigenvalue weighted by Gasteiger charge is -2.17. The lowest BCUT2D eigenvalue weighted by atomic mass is 10.1. The summed E-state index contributed by atoms with van der Waals surface area (Å²) in [6.07, 6.45) is -3.23. The van der Waals surface area contributed by atoms with E-state index in [-0.39, 0.29) is 15.9 Å². The molecule has 1 saturated heterocycles. The molecule has 10 heteroatoms. The average Bonchev–Trinajstić information content (AvgIpc) is 2.90. The number of hydrogen-bond acceptors (Lipinski definition) is 7. The maximum atomic E-state index is 11.6. The van der Waals surface area contributed by atoms with Crippen LogP contribution in [0.2, 0.25) is 0 Å². The Kier molecular flexibility index (Phi) is 3.34. The number of nitrogens with zero attached hydrogens (tertiary/aromatic N) is 3. The van der Waals surface area contributed by atoms with Crippen LogP contribution >= 0.6 is 15.9 Å². The molecule has 0 aliphatic carbocycles. The number of halogens is 1. The summed E-state index contributed by atoms with van der Waals surface area (Å²) in [6, 6.07) is 0. The van der Waals surface area contributed by atoms with Crippen LogP contribution < -0.4 is 5.56 Å². The van der Waals surface area contributed by atoms with Crippen LogP contribution in [-0.4, -0.2) is 59.8 Å². The summed E-state index contributed by atoms with van der Waals surface area (Å²) in [6.45, 7) is -0.438. The van der Waals surface area contributed by atoms with Crippen molar-refractivity contribution in [2.24, 2.45) is 0 Å². The van der Waals surface area contributed by atoms with E-state index in [1.165, 1.54) is 10.9 Å². The van der Waals surface area contributed by atoms with E-state index in [1.807, 2.05) is 0 Å². The first-order valence-corrected chi connectivity index (χ1v) is 6.57. The third-order valence-electron chi connectivity index (χ3n) is 3.21. The van der Waals surface area contributed by atoms with Crippen LogP contribution in [-0.2, 0) is 4.74 Å². The zero-order chi connectivity index (χ0) is 14.4. The number of nitrogens with one attached hydrogen (secondary N) is 1. The van der Waals surface area contributed by atoms with Gasteiger partial charge >= 0.3 is 0 Å². The first kappa shape index (κ1) is 13.6. The number of aromatic nitrogens is 4. The summed E-state index contributed by atoms with van der Waals surface area (Å²) in [5.74, 6) is 0. The normalized spacial score (nSPS) is 30.2. The van der Waals surface area contributed by atoms with E-state index in [9.17, 15) is 15.0 Å². The molecule has 1 aliphatic heterocycles. The second-order valence-corrected chi connectivity index (χ2v) is 5.09. The second-order valence-electron chi connectivity index (χ2n) is 4.38. The van der Waals surface area contributed by atoms with Crippen molar-refractivity contribution in [2.75, 3.05) is 6.61 Å². The zero-order valence-electron chi connectivity index (χ0n) is 9.97. The third kappa shape index (κ3) is 1.88. The highest BCUT2D eigenvalue weighted by Crippen LogP contribution is 2.33. The molecular formula is C10H11BrN4O5. The minimum absolute atomic E-state index is 0.0807. The van der Waals surface area contributed by atoms with Gasteiger partial charge in [0.15, 0.2) is 22.1 Å². The van der Waals surface area contributed by atoms with Crippen molar-refractivity contribution in [3.8, 4) is 0 Å². The summed E-state index contributed by atoms with van der Waals surface area (Å²) in [7, 11) is 0. The number of fused-ring (bicyclic) bond motifs is 1. The van der Waals surface area contributed by atoms with Gasteiger partial charge in [0.2, 0.25) is 0 Å². The van der Waals surface area contributed by atoms with Crippen molar-refractivity contribution in [2.45, 2.75) is 24.5 Å². The molecular weight excluding hydrogens is 336 g/mol. The van der Waals surface area contributed by atoms with E-state index >= 15 is 0 Å². The van der Waals surface area contributed by atoms with Crippen LogP contribution in [0.5, 0.6) is 0 Å². The molecule has 4 atom stereocenters. The van der Waals surface area contributed by atoms with Crippen LogP contribution in [0.1, 0.15) is 6.23 Å². The largest absolute Gasteiger partial charge is 0.394 e. The molecule has 3 heterocycles. The number of ether oxygens (including phenoxy) is 1. The Morgan fingerprint density at radius 1 is 1.45 bits per heavy atom. The van der Waals surface area contributed by atoms with E-state index in [2.05, 4.69) is 30.9 Å². The van der Waals surface area contributed by atoms with Crippen LogP contribution in [0.3, 0.4) is 0 Å². The lowest BCUT2D eigenvalue weighted by molar-refractivity contribution is -0.0521. The fourth-order valence-corrected chi connectivity index (χ4v) is 2.76. The van der Waals surface area contributed by atoms with Gasteiger partial charge in [-0.15, -0.1) is 0 Å². The van der Waals surface area contributed by atoms with Gasteiger partial charge in [0.1, 0.15) is 18.3 Å². The monoisotopic (exact) mass is 346 g/mol. The number of aromatic amines is 1. The Morgan fingerprint density at radius 3 is 2.85 bits per heavy atom. The molecule has 0 saturated carbocycles. The van der Waals surface area contributed by atoms with Gasteiger partial charge in [-0.2, -0.15) is 0 Å².